The summed E-state index contributed by atoms with van der Waals surface area (Å²) in [6, 6.07) is 10.3. The molecule has 1 fully saturated rings. The minimum Gasteiger partial charge on any atom is -0.468 e. The maximum absolute atomic E-state index is 13.0. The zero-order chi connectivity index (χ0) is 20.8. The first kappa shape index (κ1) is 22.8. The van der Waals surface area contributed by atoms with Gasteiger partial charge in [0.25, 0.3) is 0 Å². The standard InChI is InChI=1S/C23H34O4S/c1-6-7-9-14-18-19(15-28-17-12-10-8-11-13-17)22(2,3)16-23(18,20(24)26-4)21(25)27-5/h8,10-13,18-19H,6-7,9,14-16H2,1-5H3/t18-,19-/m1/s1. The van der Waals surface area contributed by atoms with Crippen molar-refractivity contribution in [1.82, 2.24) is 0 Å². The monoisotopic (exact) mass is 406 g/mol. The van der Waals surface area contributed by atoms with Gasteiger partial charge >= 0.3 is 11.9 Å². The maximum Gasteiger partial charge on any atom is 0.323 e. The van der Waals surface area contributed by atoms with Crippen LogP contribution < -0.4 is 0 Å². The molecule has 0 N–H and O–H groups in total. The second kappa shape index (κ2) is 9.82. The SMILES string of the molecule is CCCCC[C@@H]1[C@@H](CSc2ccccc2)C(C)(C)CC1(C(=O)OC)C(=O)OC. The number of ether oxygens (including phenoxy) is 2. The number of benzene rings is 1. The van der Waals surface area contributed by atoms with Gasteiger partial charge in [0.15, 0.2) is 5.41 Å². The predicted molar refractivity (Wildman–Crippen MR) is 113 cm³/mol. The molecule has 0 aromatic heterocycles. The molecule has 28 heavy (non-hydrogen) atoms. The van der Waals surface area contributed by atoms with Crippen LogP contribution in [0.25, 0.3) is 0 Å². The highest BCUT2D eigenvalue weighted by molar-refractivity contribution is 7.99. The molecule has 1 aliphatic carbocycles. The summed E-state index contributed by atoms with van der Waals surface area (Å²) in [5, 5.41) is 0. The predicted octanol–water partition coefficient (Wildman–Crippen LogP) is 5.35. The highest BCUT2D eigenvalue weighted by Gasteiger charge is 2.65. The minimum atomic E-state index is -1.21. The Morgan fingerprint density at radius 1 is 1.04 bits per heavy atom. The van der Waals surface area contributed by atoms with E-state index in [1.54, 1.807) is 11.8 Å². The van der Waals surface area contributed by atoms with E-state index in [1.807, 2.05) is 18.2 Å². The Labute approximate surface area is 173 Å². The molecular weight excluding hydrogens is 372 g/mol. The van der Waals surface area contributed by atoms with E-state index in [0.29, 0.717) is 6.42 Å². The summed E-state index contributed by atoms with van der Waals surface area (Å²) in [7, 11) is 2.74. The smallest absolute Gasteiger partial charge is 0.323 e. The quantitative estimate of drug-likeness (QED) is 0.239. The molecular formula is C23H34O4S. The summed E-state index contributed by atoms with van der Waals surface area (Å²) < 4.78 is 10.3. The summed E-state index contributed by atoms with van der Waals surface area (Å²) in [4.78, 5) is 27.1. The molecule has 0 amide bonds. The summed E-state index contributed by atoms with van der Waals surface area (Å²) in [6.07, 6.45) is 4.49. The lowest BCUT2D eigenvalue weighted by atomic mass is 9.72. The first-order valence-electron chi connectivity index (χ1n) is 10.2. The maximum atomic E-state index is 13.0. The van der Waals surface area contributed by atoms with E-state index >= 15 is 0 Å². The van der Waals surface area contributed by atoms with Crippen LogP contribution in [0.15, 0.2) is 35.2 Å². The van der Waals surface area contributed by atoms with E-state index < -0.39 is 17.4 Å². The van der Waals surface area contributed by atoms with Crippen LogP contribution in [0.1, 0.15) is 52.9 Å². The van der Waals surface area contributed by atoms with Crippen molar-refractivity contribution >= 4 is 23.7 Å². The van der Waals surface area contributed by atoms with Gasteiger partial charge in [-0.15, -0.1) is 11.8 Å². The number of carbonyl (C=O) groups excluding carboxylic acids is 2. The number of esters is 2. The van der Waals surface area contributed by atoms with Gasteiger partial charge in [-0.2, -0.15) is 0 Å². The lowest BCUT2D eigenvalue weighted by Gasteiger charge is -2.33. The number of carbonyl (C=O) groups is 2. The molecule has 1 saturated carbocycles. The van der Waals surface area contributed by atoms with Crippen molar-refractivity contribution in [3.63, 3.8) is 0 Å². The third-order valence-electron chi connectivity index (χ3n) is 6.25. The Kier molecular flexibility index (Phi) is 7.99. The molecule has 0 saturated heterocycles. The highest BCUT2D eigenvalue weighted by atomic mass is 32.2. The molecule has 0 bridgehead atoms. The molecule has 2 rings (SSSR count). The van der Waals surface area contributed by atoms with Crippen LogP contribution in [0.2, 0.25) is 0 Å². The van der Waals surface area contributed by atoms with E-state index in [2.05, 4.69) is 32.9 Å². The van der Waals surface area contributed by atoms with E-state index in [1.165, 1.54) is 19.1 Å². The van der Waals surface area contributed by atoms with Crippen LogP contribution in [0.5, 0.6) is 0 Å². The molecule has 0 heterocycles. The second-order valence-electron chi connectivity index (χ2n) is 8.45. The van der Waals surface area contributed by atoms with Crippen molar-refractivity contribution in [3.8, 4) is 0 Å². The largest absolute Gasteiger partial charge is 0.468 e. The lowest BCUT2D eigenvalue weighted by Crippen LogP contribution is -2.45. The Balaban J connectivity index is 2.38. The van der Waals surface area contributed by atoms with E-state index in [4.69, 9.17) is 9.47 Å². The number of unbranched alkanes of at least 4 members (excludes halogenated alkanes) is 2. The van der Waals surface area contributed by atoms with Gasteiger partial charge in [-0.3, -0.25) is 9.59 Å². The first-order chi connectivity index (χ1) is 13.3. The van der Waals surface area contributed by atoms with Gasteiger partial charge in [-0.1, -0.05) is 58.2 Å². The van der Waals surface area contributed by atoms with E-state index in [9.17, 15) is 9.59 Å². The lowest BCUT2D eigenvalue weighted by molar-refractivity contribution is -0.173. The fourth-order valence-electron chi connectivity index (χ4n) is 4.87. The van der Waals surface area contributed by atoms with Gasteiger partial charge in [0.2, 0.25) is 0 Å². The normalized spacial score (nSPS) is 22.6. The topological polar surface area (TPSA) is 52.6 Å². The number of thioether (sulfide) groups is 1. The van der Waals surface area contributed by atoms with Crippen molar-refractivity contribution in [2.45, 2.75) is 57.8 Å². The zero-order valence-corrected chi connectivity index (χ0v) is 18.6. The fourth-order valence-corrected chi connectivity index (χ4v) is 6.27. The third kappa shape index (κ3) is 4.56. The summed E-state index contributed by atoms with van der Waals surface area (Å²) in [5.41, 5.74) is -1.37. The van der Waals surface area contributed by atoms with Gasteiger partial charge in [-0.05, 0) is 42.2 Å². The Bertz CT molecular complexity index is 640. The van der Waals surface area contributed by atoms with E-state index in [0.717, 1.165) is 31.4 Å². The van der Waals surface area contributed by atoms with Crippen LogP contribution in [-0.4, -0.2) is 31.9 Å². The Hall–Kier alpha value is -1.49. The van der Waals surface area contributed by atoms with Crippen LogP contribution >= 0.6 is 11.8 Å². The van der Waals surface area contributed by atoms with Gasteiger partial charge in [-0.25, -0.2) is 0 Å². The van der Waals surface area contributed by atoms with Crippen LogP contribution in [0.3, 0.4) is 0 Å². The number of hydrogen-bond acceptors (Lipinski definition) is 5. The van der Waals surface area contributed by atoms with Gasteiger partial charge in [0, 0.05) is 10.6 Å². The third-order valence-corrected chi connectivity index (χ3v) is 7.38. The zero-order valence-electron chi connectivity index (χ0n) is 17.8. The Morgan fingerprint density at radius 3 is 2.18 bits per heavy atom. The number of methoxy groups -OCH3 is 2. The summed E-state index contributed by atoms with van der Waals surface area (Å²) in [6.45, 7) is 6.50. The van der Waals surface area contributed by atoms with Crippen LogP contribution in [0, 0.1) is 22.7 Å². The minimum absolute atomic E-state index is 0.0786. The average Bonchev–Trinajstić information content (AvgIpc) is 2.93. The molecule has 156 valence electrons. The van der Waals surface area contributed by atoms with E-state index in [-0.39, 0.29) is 17.3 Å². The van der Waals surface area contributed by atoms with Crippen molar-refractivity contribution < 1.29 is 19.1 Å². The molecule has 2 atom stereocenters. The average molecular weight is 407 g/mol. The van der Waals surface area contributed by atoms with Crippen molar-refractivity contribution in [2.24, 2.45) is 22.7 Å². The molecule has 0 unspecified atom stereocenters. The second-order valence-corrected chi connectivity index (χ2v) is 9.55. The molecule has 0 spiro atoms. The van der Waals surface area contributed by atoms with Crippen molar-refractivity contribution in [2.75, 3.05) is 20.0 Å². The molecule has 1 aromatic rings. The molecule has 0 aliphatic heterocycles. The first-order valence-corrected chi connectivity index (χ1v) is 11.2. The number of rotatable bonds is 9. The Morgan fingerprint density at radius 2 is 1.64 bits per heavy atom. The van der Waals surface area contributed by atoms with Gasteiger partial charge in [0.1, 0.15) is 0 Å². The molecule has 4 nitrogen and oxygen atoms in total. The van der Waals surface area contributed by atoms with Crippen LogP contribution in [0.4, 0.5) is 0 Å². The summed E-state index contributed by atoms with van der Waals surface area (Å²) in [5.74, 6) is 0.115. The van der Waals surface area contributed by atoms with Gasteiger partial charge < -0.3 is 9.47 Å². The number of hydrogen-bond donors (Lipinski definition) is 0. The molecule has 1 aromatic carbocycles. The van der Waals surface area contributed by atoms with Crippen LogP contribution in [-0.2, 0) is 19.1 Å². The molecule has 5 heteroatoms. The molecule has 0 radical (unpaired) electrons. The summed E-state index contributed by atoms with van der Waals surface area (Å²) >= 11 is 1.80. The van der Waals surface area contributed by atoms with Gasteiger partial charge in [0.05, 0.1) is 14.2 Å². The fraction of sp³-hybridized carbons (Fsp3) is 0.652. The van der Waals surface area contributed by atoms with Crippen molar-refractivity contribution in [1.29, 1.82) is 0 Å². The highest BCUT2D eigenvalue weighted by Crippen LogP contribution is 2.60. The van der Waals surface area contributed by atoms with Crippen molar-refractivity contribution in [3.05, 3.63) is 30.3 Å². The molecule has 1 aliphatic rings.